The number of rotatable bonds is 2. The van der Waals surface area contributed by atoms with Crippen molar-refractivity contribution in [1.82, 2.24) is 19.7 Å². The molecule has 0 bridgehead atoms. The van der Waals surface area contributed by atoms with Crippen LogP contribution in [0.25, 0.3) is 11.0 Å². The molecule has 0 aliphatic rings. The Balaban J connectivity index is 2.09. The molecule has 2 heterocycles. The normalized spacial score (nSPS) is 12.8. The lowest BCUT2D eigenvalue weighted by Crippen LogP contribution is -2.16. The molecule has 0 fully saturated rings. The molecule has 2 N–H and O–H groups in total. The van der Waals surface area contributed by atoms with Crippen LogP contribution in [0.15, 0.2) is 41.3 Å². The Kier molecular flexibility index (Phi) is 3.04. The third-order valence-electron chi connectivity index (χ3n) is 3.08. The first kappa shape index (κ1) is 12.3. The number of aromatic nitrogens is 4. The molecule has 96 valence electrons. The van der Waals surface area contributed by atoms with Crippen molar-refractivity contribution in [1.29, 1.82) is 0 Å². The van der Waals surface area contributed by atoms with E-state index in [1.54, 1.807) is 23.3 Å². The molecule has 1 atom stereocenters. The number of benzene rings is 1. The molecule has 3 aromatic rings. The standard InChI is InChI=1S/C13H12BrN5/c1-19-13(9(14)7-18-19)12(15)8-2-3-10-11(6-8)17-5-4-16-10/h2-7,12H,15H2,1H3. The molecule has 5 nitrogen and oxygen atoms in total. The maximum Gasteiger partial charge on any atom is 0.0890 e. The van der Waals surface area contributed by atoms with Gasteiger partial charge in [-0.25, -0.2) is 0 Å². The van der Waals surface area contributed by atoms with Gasteiger partial charge >= 0.3 is 0 Å². The summed E-state index contributed by atoms with van der Waals surface area (Å²) in [6.07, 6.45) is 5.10. The van der Waals surface area contributed by atoms with Crippen molar-refractivity contribution in [3.05, 3.63) is 52.5 Å². The predicted octanol–water partition coefficient (Wildman–Crippen LogP) is 2.17. The lowest BCUT2D eigenvalue weighted by atomic mass is 10.0. The van der Waals surface area contributed by atoms with E-state index >= 15 is 0 Å². The number of nitrogens with zero attached hydrogens (tertiary/aromatic N) is 4. The monoisotopic (exact) mass is 317 g/mol. The van der Waals surface area contributed by atoms with Gasteiger partial charge in [0.15, 0.2) is 0 Å². The van der Waals surface area contributed by atoms with Crippen LogP contribution in [0, 0.1) is 0 Å². The van der Waals surface area contributed by atoms with Crippen LogP contribution in [-0.4, -0.2) is 19.7 Å². The molecule has 0 spiro atoms. The van der Waals surface area contributed by atoms with Gasteiger partial charge in [-0.05, 0) is 33.6 Å². The zero-order valence-corrected chi connectivity index (χ0v) is 11.9. The highest BCUT2D eigenvalue weighted by Gasteiger charge is 2.17. The van der Waals surface area contributed by atoms with Crippen LogP contribution in [0.5, 0.6) is 0 Å². The molecule has 0 amide bonds. The van der Waals surface area contributed by atoms with E-state index in [0.717, 1.165) is 26.8 Å². The van der Waals surface area contributed by atoms with Crippen LogP contribution < -0.4 is 5.73 Å². The molecule has 3 rings (SSSR count). The summed E-state index contributed by atoms with van der Waals surface area (Å²) in [5.41, 5.74) is 9.94. The summed E-state index contributed by atoms with van der Waals surface area (Å²) in [7, 11) is 1.88. The van der Waals surface area contributed by atoms with Crippen molar-refractivity contribution in [2.75, 3.05) is 0 Å². The van der Waals surface area contributed by atoms with Crippen molar-refractivity contribution in [2.24, 2.45) is 12.8 Å². The lowest BCUT2D eigenvalue weighted by molar-refractivity contribution is 0.671. The topological polar surface area (TPSA) is 69.6 Å². The molecule has 0 aliphatic heterocycles. The molecular formula is C13H12BrN5. The van der Waals surface area contributed by atoms with Gasteiger partial charge < -0.3 is 5.73 Å². The second-order valence-corrected chi connectivity index (χ2v) is 5.14. The van der Waals surface area contributed by atoms with Crippen molar-refractivity contribution < 1.29 is 0 Å². The minimum Gasteiger partial charge on any atom is -0.319 e. The molecule has 0 aliphatic carbocycles. The van der Waals surface area contributed by atoms with E-state index in [-0.39, 0.29) is 6.04 Å². The highest BCUT2D eigenvalue weighted by Crippen LogP contribution is 2.27. The number of fused-ring (bicyclic) bond motifs is 1. The number of halogens is 1. The summed E-state index contributed by atoms with van der Waals surface area (Å²) >= 11 is 3.47. The van der Waals surface area contributed by atoms with Crippen molar-refractivity contribution in [3.8, 4) is 0 Å². The fourth-order valence-electron chi connectivity index (χ4n) is 2.10. The van der Waals surface area contributed by atoms with Crippen molar-refractivity contribution in [2.45, 2.75) is 6.04 Å². The van der Waals surface area contributed by atoms with E-state index in [9.17, 15) is 0 Å². The number of hydrogen-bond acceptors (Lipinski definition) is 4. The minimum absolute atomic E-state index is 0.256. The number of nitrogens with two attached hydrogens (primary N) is 1. The quantitative estimate of drug-likeness (QED) is 0.786. The molecule has 2 aromatic heterocycles. The summed E-state index contributed by atoms with van der Waals surface area (Å²) in [5.74, 6) is 0. The Hall–Kier alpha value is -1.79. The van der Waals surface area contributed by atoms with E-state index in [4.69, 9.17) is 5.73 Å². The average Bonchev–Trinajstić information content (AvgIpc) is 2.77. The molecule has 19 heavy (non-hydrogen) atoms. The van der Waals surface area contributed by atoms with E-state index in [1.165, 1.54) is 0 Å². The largest absolute Gasteiger partial charge is 0.319 e. The first-order valence-corrected chi connectivity index (χ1v) is 6.60. The highest BCUT2D eigenvalue weighted by molar-refractivity contribution is 9.10. The number of aryl methyl sites for hydroxylation is 1. The maximum atomic E-state index is 6.31. The van der Waals surface area contributed by atoms with Crippen LogP contribution in [0.3, 0.4) is 0 Å². The Labute approximate surface area is 118 Å². The van der Waals surface area contributed by atoms with Gasteiger partial charge in [-0.1, -0.05) is 6.07 Å². The van der Waals surface area contributed by atoms with Gasteiger partial charge in [0, 0.05) is 19.4 Å². The van der Waals surface area contributed by atoms with Gasteiger partial charge in [0.05, 0.1) is 33.4 Å². The molecule has 6 heteroatoms. The Bertz CT molecular complexity index is 717. The SMILES string of the molecule is Cn1ncc(Br)c1C(N)c1ccc2nccnc2c1. The van der Waals surface area contributed by atoms with E-state index < -0.39 is 0 Å². The zero-order valence-electron chi connectivity index (χ0n) is 10.3. The predicted molar refractivity (Wildman–Crippen MR) is 76.5 cm³/mol. The van der Waals surface area contributed by atoms with Crippen molar-refractivity contribution in [3.63, 3.8) is 0 Å². The molecular weight excluding hydrogens is 306 g/mol. The first-order valence-electron chi connectivity index (χ1n) is 5.80. The van der Waals surface area contributed by atoms with Crippen LogP contribution >= 0.6 is 15.9 Å². The summed E-state index contributed by atoms with van der Waals surface area (Å²) in [4.78, 5) is 8.55. The summed E-state index contributed by atoms with van der Waals surface area (Å²) in [6, 6.07) is 5.61. The second kappa shape index (κ2) is 4.71. The van der Waals surface area contributed by atoms with E-state index in [2.05, 4.69) is 31.0 Å². The van der Waals surface area contributed by atoms with Gasteiger partial charge in [0.2, 0.25) is 0 Å². The van der Waals surface area contributed by atoms with Crippen LogP contribution in [0.2, 0.25) is 0 Å². The summed E-state index contributed by atoms with van der Waals surface area (Å²) < 4.78 is 2.68. The third-order valence-corrected chi connectivity index (χ3v) is 3.70. The Morgan fingerprint density at radius 1 is 1.21 bits per heavy atom. The van der Waals surface area contributed by atoms with Gasteiger partial charge in [-0.15, -0.1) is 0 Å². The zero-order chi connectivity index (χ0) is 13.4. The smallest absolute Gasteiger partial charge is 0.0890 e. The summed E-state index contributed by atoms with van der Waals surface area (Å²) in [6.45, 7) is 0. The maximum absolute atomic E-state index is 6.31. The van der Waals surface area contributed by atoms with Gasteiger partial charge in [0.25, 0.3) is 0 Å². The fraction of sp³-hybridized carbons (Fsp3) is 0.154. The summed E-state index contributed by atoms with van der Waals surface area (Å²) in [5, 5.41) is 4.19. The van der Waals surface area contributed by atoms with Gasteiger partial charge in [-0.2, -0.15) is 5.10 Å². The van der Waals surface area contributed by atoms with E-state index in [1.807, 2.05) is 25.2 Å². The average molecular weight is 318 g/mol. The van der Waals surface area contributed by atoms with E-state index in [0.29, 0.717) is 0 Å². The molecule has 0 radical (unpaired) electrons. The van der Waals surface area contributed by atoms with Crippen molar-refractivity contribution >= 4 is 27.0 Å². The van der Waals surface area contributed by atoms with Crippen LogP contribution in [-0.2, 0) is 7.05 Å². The highest BCUT2D eigenvalue weighted by atomic mass is 79.9. The number of hydrogen-bond donors (Lipinski definition) is 1. The third kappa shape index (κ3) is 2.13. The van der Waals surface area contributed by atoms with Crippen LogP contribution in [0.1, 0.15) is 17.3 Å². The van der Waals surface area contributed by atoms with Gasteiger partial charge in [0.1, 0.15) is 0 Å². The lowest BCUT2D eigenvalue weighted by Gasteiger charge is -2.13. The molecule has 0 saturated carbocycles. The Morgan fingerprint density at radius 2 is 1.95 bits per heavy atom. The first-order chi connectivity index (χ1) is 9.16. The molecule has 1 aromatic carbocycles. The molecule has 0 saturated heterocycles. The van der Waals surface area contributed by atoms with Gasteiger partial charge in [-0.3, -0.25) is 14.6 Å². The Morgan fingerprint density at radius 3 is 2.63 bits per heavy atom. The van der Waals surface area contributed by atoms with Crippen LogP contribution in [0.4, 0.5) is 0 Å². The molecule has 1 unspecified atom stereocenters. The second-order valence-electron chi connectivity index (χ2n) is 4.28. The fourth-order valence-corrected chi connectivity index (χ4v) is 2.70. The minimum atomic E-state index is -0.256.